The maximum Gasteiger partial charge on any atom is 0.284 e. The van der Waals surface area contributed by atoms with Crippen LogP contribution in [-0.2, 0) is 0 Å². The Morgan fingerprint density at radius 2 is 2.40 bits per heavy atom. The molecule has 0 saturated heterocycles. The van der Waals surface area contributed by atoms with Crippen molar-refractivity contribution in [2.75, 3.05) is 18.8 Å². The molecule has 1 heterocycles. The van der Waals surface area contributed by atoms with E-state index in [1.54, 1.807) is 4.90 Å². The zero-order valence-corrected chi connectivity index (χ0v) is 9.12. The van der Waals surface area contributed by atoms with Crippen molar-refractivity contribution in [3.8, 4) is 6.07 Å². The largest absolute Gasteiger partial charge is 0.374 e. The standard InChI is InChI=1S/C8H11N5OS/c1-2-13(5-3-4-9)7(14)6-11-12-8(10)15-6/h2-3,5H2,1H3,(H2,10,12). The number of aromatic nitrogens is 2. The van der Waals surface area contributed by atoms with E-state index in [9.17, 15) is 4.79 Å². The van der Waals surface area contributed by atoms with Crippen LogP contribution in [0.25, 0.3) is 0 Å². The summed E-state index contributed by atoms with van der Waals surface area (Å²) >= 11 is 1.05. The van der Waals surface area contributed by atoms with Gasteiger partial charge in [-0.3, -0.25) is 4.79 Å². The number of rotatable bonds is 4. The van der Waals surface area contributed by atoms with Crippen molar-refractivity contribution >= 4 is 22.4 Å². The van der Waals surface area contributed by atoms with Crippen LogP contribution in [0.2, 0.25) is 0 Å². The van der Waals surface area contributed by atoms with E-state index in [2.05, 4.69) is 10.2 Å². The Balaban J connectivity index is 2.69. The Labute approximate surface area is 91.3 Å². The average Bonchev–Trinajstić information content (AvgIpc) is 2.65. The van der Waals surface area contributed by atoms with Gasteiger partial charge in [0.1, 0.15) is 0 Å². The van der Waals surface area contributed by atoms with E-state index in [1.165, 1.54) is 0 Å². The molecule has 0 saturated carbocycles. The summed E-state index contributed by atoms with van der Waals surface area (Å²) in [5.74, 6) is -0.220. The monoisotopic (exact) mass is 225 g/mol. The first kappa shape index (κ1) is 11.4. The molecule has 15 heavy (non-hydrogen) atoms. The van der Waals surface area contributed by atoms with Crippen LogP contribution in [0.4, 0.5) is 5.13 Å². The van der Waals surface area contributed by atoms with Gasteiger partial charge in [0, 0.05) is 13.1 Å². The van der Waals surface area contributed by atoms with E-state index >= 15 is 0 Å². The summed E-state index contributed by atoms with van der Waals surface area (Å²) in [5, 5.41) is 16.2. The Bertz CT molecular complexity index is 383. The summed E-state index contributed by atoms with van der Waals surface area (Å²) in [7, 11) is 0. The highest BCUT2D eigenvalue weighted by atomic mass is 32.1. The van der Waals surface area contributed by atoms with E-state index < -0.39 is 0 Å². The number of amides is 1. The normalized spacial score (nSPS) is 9.60. The molecule has 0 aliphatic carbocycles. The molecule has 0 spiro atoms. The second-order valence-corrected chi connectivity index (χ2v) is 3.75. The summed E-state index contributed by atoms with van der Waals surface area (Å²) in [6.45, 7) is 2.80. The topological polar surface area (TPSA) is 95.9 Å². The summed E-state index contributed by atoms with van der Waals surface area (Å²) in [6, 6.07) is 1.99. The van der Waals surface area contributed by atoms with Crippen LogP contribution >= 0.6 is 11.3 Å². The van der Waals surface area contributed by atoms with Gasteiger partial charge in [0.15, 0.2) is 0 Å². The van der Waals surface area contributed by atoms with Crippen LogP contribution in [0.15, 0.2) is 0 Å². The SMILES string of the molecule is CCN(CCC#N)C(=O)c1nnc(N)s1. The summed E-state index contributed by atoms with van der Waals surface area (Å²) in [5.41, 5.74) is 5.38. The molecule has 0 bridgehead atoms. The maximum atomic E-state index is 11.8. The summed E-state index contributed by atoms with van der Waals surface area (Å²) < 4.78 is 0. The predicted octanol–water partition coefficient (Wildman–Crippen LogP) is 0.496. The fourth-order valence-electron chi connectivity index (χ4n) is 1.04. The molecule has 0 aliphatic rings. The lowest BCUT2D eigenvalue weighted by molar-refractivity contribution is 0.0766. The molecule has 7 heteroatoms. The molecule has 80 valence electrons. The quantitative estimate of drug-likeness (QED) is 0.804. The second kappa shape index (κ2) is 5.26. The van der Waals surface area contributed by atoms with Crippen molar-refractivity contribution in [2.24, 2.45) is 0 Å². The number of nitriles is 1. The molecular formula is C8H11N5OS. The Hall–Kier alpha value is -1.68. The van der Waals surface area contributed by atoms with Gasteiger partial charge in [-0.15, -0.1) is 10.2 Å². The zero-order chi connectivity index (χ0) is 11.3. The van der Waals surface area contributed by atoms with Gasteiger partial charge >= 0.3 is 0 Å². The third kappa shape index (κ3) is 2.89. The third-order valence-corrected chi connectivity index (χ3v) is 2.53. The highest BCUT2D eigenvalue weighted by Gasteiger charge is 2.17. The Morgan fingerprint density at radius 1 is 1.67 bits per heavy atom. The first-order chi connectivity index (χ1) is 7.19. The second-order valence-electron chi connectivity index (χ2n) is 2.74. The zero-order valence-electron chi connectivity index (χ0n) is 8.30. The number of anilines is 1. The molecule has 0 radical (unpaired) electrons. The van der Waals surface area contributed by atoms with Crippen molar-refractivity contribution in [3.05, 3.63) is 5.01 Å². The average molecular weight is 225 g/mol. The van der Waals surface area contributed by atoms with Crippen molar-refractivity contribution < 1.29 is 4.79 Å². The number of nitrogen functional groups attached to an aromatic ring is 1. The molecule has 1 aromatic heterocycles. The summed E-state index contributed by atoms with van der Waals surface area (Å²) in [6.07, 6.45) is 0.313. The fraction of sp³-hybridized carbons (Fsp3) is 0.500. The van der Waals surface area contributed by atoms with Gasteiger partial charge in [-0.25, -0.2) is 0 Å². The number of carbonyl (C=O) groups excluding carboxylic acids is 1. The molecule has 0 atom stereocenters. The van der Waals surface area contributed by atoms with E-state index in [0.717, 1.165) is 11.3 Å². The lowest BCUT2D eigenvalue weighted by Gasteiger charge is -2.17. The van der Waals surface area contributed by atoms with E-state index in [1.807, 2.05) is 13.0 Å². The number of hydrogen-bond acceptors (Lipinski definition) is 6. The van der Waals surface area contributed by atoms with Crippen molar-refractivity contribution in [2.45, 2.75) is 13.3 Å². The molecule has 0 fully saturated rings. The molecule has 0 aliphatic heterocycles. The number of nitrogens with zero attached hydrogens (tertiary/aromatic N) is 4. The molecular weight excluding hydrogens is 214 g/mol. The molecule has 0 unspecified atom stereocenters. The van der Waals surface area contributed by atoms with E-state index in [4.69, 9.17) is 11.0 Å². The summed E-state index contributed by atoms with van der Waals surface area (Å²) in [4.78, 5) is 13.3. The lowest BCUT2D eigenvalue weighted by Crippen LogP contribution is -2.31. The molecule has 1 aromatic rings. The van der Waals surface area contributed by atoms with Gasteiger partial charge in [0.25, 0.3) is 5.91 Å². The van der Waals surface area contributed by atoms with Crippen molar-refractivity contribution in [3.63, 3.8) is 0 Å². The first-order valence-electron chi connectivity index (χ1n) is 4.44. The highest BCUT2D eigenvalue weighted by molar-refractivity contribution is 7.16. The number of carbonyl (C=O) groups is 1. The number of hydrogen-bond donors (Lipinski definition) is 1. The Kier molecular flexibility index (Phi) is 4.00. The first-order valence-corrected chi connectivity index (χ1v) is 5.26. The van der Waals surface area contributed by atoms with E-state index in [-0.39, 0.29) is 16.0 Å². The smallest absolute Gasteiger partial charge is 0.284 e. The van der Waals surface area contributed by atoms with Crippen molar-refractivity contribution in [1.82, 2.24) is 15.1 Å². The number of nitrogens with two attached hydrogens (primary N) is 1. The highest BCUT2D eigenvalue weighted by Crippen LogP contribution is 2.13. The van der Waals surface area contributed by atoms with Gasteiger partial charge in [-0.2, -0.15) is 5.26 Å². The van der Waals surface area contributed by atoms with Gasteiger partial charge in [-0.1, -0.05) is 11.3 Å². The maximum absolute atomic E-state index is 11.8. The van der Waals surface area contributed by atoms with Gasteiger partial charge in [0.05, 0.1) is 12.5 Å². The van der Waals surface area contributed by atoms with Crippen LogP contribution < -0.4 is 5.73 Å². The predicted molar refractivity (Wildman–Crippen MR) is 56.1 cm³/mol. The molecule has 2 N–H and O–H groups in total. The minimum absolute atomic E-state index is 0.220. The van der Waals surface area contributed by atoms with Crippen LogP contribution in [0, 0.1) is 11.3 Å². The third-order valence-electron chi connectivity index (χ3n) is 1.79. The molecule has 6 nitrogen and oxygen atoms in total. The van der Waals surface area contributed by atoms with Crippen LogP contribution in [-0.4, -0.2) is 34.1 Å². The van der Waals surface area contributed by atoms with Crippen molar-refractivity contribution in [1.29, 1.82) is 5.26 Å². The fourth-order valence-corrected chi connectivity index (χ4v) is 1.62. The molecule has 1 rings (SSSR count). The minimum atomic E-state index is -0.220. The van der Waals surface area contributed by atoms with Crippen LogP contribution in [0.5, 0.6) is 0 Å². The lowest BCUT2D eigenvalue weighted by atomic mass is 10.4. The molecule has 0 aromatic carbocycles. The Morgan fingerprint density at radius 3 is 2.87 bits per heavy atom. The van der Waals surface area contributed by atoms with Gasteiger partial charge in [-0.05, 0) is 6.92 Å². The van der Waals surface area contributed by atoms with Crippen LogP contribution in [0.1, 0.15) is 23.1 Å². The molecule has 1 amide bonds. The van der Waals surface area contributed by atoms with Crippen LogP contribution in [0.3, 0.4) is 0 Å². The minimum Gasteiger partial charge on any atom is -0.374 e. The van der Waals surface area contributed by atoms with Gasteiger partial charge in [0.2, 0.25) is 10.1 Å². The van der Waals surface area contributed by atoms with Gasteiger partial charge < -0.3 is 10.6 Å². The van der Waals surface area contributed by atoms with E-state index in [0.29, 0.717) is 19.5 Å².